The fourth-order valence-corrected chi connectivity index (χ4v) is 3.98. The van der Waals surface area contributed by atoms with Crippen LogP contribution in [0, 0.1) is 6.92 Å². The lowest BCUT2D eigenvalue weighted by atomic mass is 10.1. The van der Waals surface area contributed by atoms with Crippen molar-refractivity contribution in [1.82, 2.24) is 4.98 Å². The molecule has 4 aromatic rings. The van der Waals surface area contributed by atoms with Gasteiger partial charge >= 0.3 is 0 Å². The molecule has 2 aromatic heterocycles. The first-order chi connectivity index (χ1) is 14.1. The smallest absolute Gasteiger partial charge is 0.230 e. The second-order valence-corrected chi connectivity index (χ2v) is 7.70. The summed E-state index contributed by atoms with van der Waals surface area (Å²) in [6.07, 6.45) is 1.81. The standard InChI is InChI=1S/C22H20N2O4S/c1-13-21(14-4-6-16(26-2)7-5-14)24-22(29-13)23-20(25)10-15-12-28-19-11-17(27-3)8-9-18(15)19/h4-9,11-12H,10H2,1-3H3,(H,23,24,25). The minimum absolute atomic E-state index is 0.140. The zero-order valence-corrected chi connectivity index (χ0v) is 17.1. The lowest BCUT2D eigenvalue weighted by Gasteiger charge is -2.02. The second-order valence-electron chi connectivity index (χ2n) is 6.50. The van der Waals surface area contributed by atoms with E-state index in [1.807, 2.05) is 49.4 Å². The molecule has 0 radical (unpaired) electrons. The number of hydrogen-bond acceptors (Lipinski definition) is 6. The highest BCUT2D eigenvalue weighted by molar-refractivity contribution is 7.16. The summed E-state index contributed by atoms with van der Waals surface area (Å²) >= 11 is 1.45. The number of carbonyl (C=O) groups excluding carboxylic acids is 1. The third kappa shape index (κ3) is 3.95. The summed E-state index contributed by atoms with van der Waals surface area (Å²) in [7, 11) is 3.24. The van der Waals surface area contributed by atoms with Crippen molar-refractivity contribution < 1.29 is 18.7 Å². The number of rotatable bonds is 6. The van der Waals surface area contributed by atoms with Gasteiger partial charge < -0.3 is 19.2 Å². The van der Waals surface area contributed by atoms with Gasteiger partial charge in [0, 0.05) is 27.5 Å². The van der Waals surface area contributed by atoms with Crippen molar-refractivity contribution in [2.45, 2.75) is 13.3 Å². The van der Waals surface area contributed by atoms with Crippen molar-refractivity contribution >= 4 is 33.3 Å². The number of benzene rings is 2. The molecule has 0 unspecified atom stereocenters. The average Bonchev–Trinajstić information content (AvgIpc) is 3.30. The molecule has 0 bridgehead atoms. The Morgan fingerprint density at radius 1 is 1.10 bits per heavy atom. The van der Waals surface area contributed by atoms with Crippen LogP contribution in [0.15, 0.2) is 53.1 Å². The number of methoxy groups -OCH3 is 2. The van der Waals surface area contributed by atoms with E-state index in [0.717, 1.165) is 32.8 Å². The minimum Gasteiger partial charge on any atom is -0.497 e. The molecule has 2 aromatic carbocycles. The van der Waals surface area contributed by atoms with Crippen LogP contribution in [0.1, 0.15) is 10.4 Å². The Morgan fingerprint density at radius 3 is 2.55 bits per heavy atom. The number of aromatic nitrogens is 1. The lowest BCUT2D eigenvalue weighted by Crippen LogP contribution is -2.13. The van der Waals surface area contributed by atoms with Gasteiger partial charge in [0.1, 0.15) is 17.1 Å². The van der Waals surface area contributed by atoms with Crippen molar-refractivity contribution in [2.24, 2.45) is 0 Å². The van der Waals surface area contributed by atoms with E-state index in [-0.39, 0.29) is 12.3 Å². The molecule has 0 aliphatic rings. The molecule has 4 rings (SSSR count). The van der Waals surface area contributed by atoms with Gasteiger partial charge in [-0.05, 0) is 43.3 Å². The maximum atomic E-state index is 12.6. The summed E-state index contributed by atoms with van der Waals surface area (Å²) in [4.78, 5) is 18.2. The number of nitrogens with one attached hydrogen (secondary N) is 1. The first-order valence-corrected chi connectivity index (χ1v) is 9.85. The first kappa shape index (κ1) is 19.0. The summed E-state index contributed by atoms with van der Waals surface area (Å²) in [5.74, 6) is 1.37. The van der Waals surface area contributed by atoms with Gasteiger partial charge in [-0.15, -0.1) is 11.3 Å². The molecule has 2 heterocycles. The van der Waals surface area contributed by atoms with Crippen molar-refractivity contribution in [3.63, 3.8) is 0 Å². The monoisotopic (exact) mass is 408 g/mol. The van der Waals surface area contributed by atoms with Crippen molar-refractivity contribution in [2.75, 3.05) is 19.5 Å². The number of carbonyl (C=O) groups is 1. The van der Waals surface area contributed by atoms with Crippen molar-refractivity contribution in [1.29, 1.82) is 0 Å². The Kier molecular flexibility index (Phi) is 5.22. The number of fused-ring (bicyclic) bond motifs is 1. The van der Waals surface area contributed by atoms with Gasteiger partial charge in [0.15, 0.2) is 5.13 Å². The topological polar surface area (TPSA) is 73.6 Å². The van der Waals surface area contributed by atoms with Gasteiger partial charge in [-0.25, -0.2) is 4.98 Å². The van der Waals surface area contributed by atoms with Crippen LogP contribution in [-0.2, 0) is 11.2 Å². The van der Waals surface area contributed by atoms with Crippen molar-refractivity contribution in [3.05, 3.63) is 59.2 Å². The highest BCUT2D eigenvalue weighted by atomic mass is 32.1. The summed E-state index contributed by atoms with van der Waals surface area (Å²) in [6.45, 7) is 1.99. The number of ether oxygens (including phenoxy) is 2. The molecule has 1 amide bonds. The molecule has 1 N–H and O–H groups in total. The third-order valence-corrected chi connectivity index (χ3v) is 5.51. The molecule has 0 spiro atoms. The number of amides is 1. The minimum atomic E-state index is -0.140. The van der Waals surface area contributed by atoms with E-state index >= 15 is 0 Å². The lowest BCUT2D eigenvalue weighted by molar-refractivity contribution is -0.115. The maximum Gasteiger partial charge on any atom is 0.230 e. The van der Waals surface area contributed by atoms with E-state index in [1.54, 1.807) is 20.5 Å². The predicted molar refractivity (Wildman–Crippen MR) is 114 cm³/mol. The van der Waals surface area contributed by atoms with Gasteiger partial charge in [0.2, 0.25) is 5.91 Å². The Balaban J connectivity index is 1.49. The highest BCUT2D eigenvalue weighted by Crippen LogP contribution is 2.32. The fraction of sp³-hybridized carbons (Fsp3) is 0.182. The van der Waals surface area contributed by atoms with E-state index in [2.05, 4.69) is 10.3 Å². The summed E-state index contributed by atoms with van der Waals surface area (Å²) in [6, 6.07) is 13.3. The normalized spacial score (nSPS) is 10.9. The van der Waals surface area contributed by atoms with Crippen LogP contribution in [0.2, 0.25) is 0 Å². The molecule has 0 aliphatic heterocycles. The van der Waals surface area contributed by atoms with E-state index < -0.39 is 0 Å². The van der Waals surface area contributed by atoms with Gasteiger partial charge in [0.25, 0.3) is 0 Å². The molecule has 7 heteroatoms. The van der Waals surface area contributed by atoms with E-state index in [0.29, 0.717) is 16.5 Å². The number of hydrogen-bond donors (Lipinski definition) is 1. The SMILES string of the molecule is COc1ccc(-c2nc(NC(=O)Cc3coc4cc(OC)ccc34)sc2C)cc1. The van der Waals surface area contributed by atoms with Gasteiger partial charge in [-0.2, -0.15) is 0 Å². The van der Waals surface area contributed by atoms with Crippen LogP contribution < -0.4 is 14.8 Å². The summed E-state index contributed by atoms with van der Waals surface area (Å²) in [5.41, 5.74) is 3.35. The second kappa shape index (κ2) is 7.97. The third-order valence-electron chi connectivity index (χ3n) is 4.62. The average molecular weight is 408 g/mol. The molecule has 6 nitrogen and oxygen atoms in total. The molecule has 148 valence electrons. The van der Waals surface area contributed by atoms with Crippen molar-refractivity contribution in [3.8, 4) is 22.8 Å². The van der Waals surface area contributed by atoms with E-state index in [9.17, 15) is 4.79 Å². The van der Waals surface area contributed by atoms with Crippen LogP contribution in [-0.4, -0.2) is 25.1 Å². The van der Waals surface area contributed by atoms with Gasteiger partial charge in [0.05, 0.1) is 32.6 Å². The number of thiazole rings is 1. The highest BCUT2D eigenvalue weighted by Gasteiger charge is 2.15. The van der Waals surface area contributed by atoms with Crippen LogP contribution in [0.5, 0.6) is 11.5 Å². The Bertz CT molecular complexity index is 1160. The number of aryl methyl sites for hydroxylation is 1. The van der Waals surface area contributed by atoms with Crippen LogP contribution in [0.4, 0.5) is 5.13 Å². The zero-order valence-electron chi connectivity index (χ0n) is 16.3. The van der Waals surface area contributed by atoms with E-state index in [1.165, 1.54) is 11.3 Å². The maximum absolute atomic E-state index is 12.6. The van der Waals surface area contributed by atoms with Gasteiger partial charge in [-0.1, -0.05) is 0 Å². The summed E-state index contributed by atoms with van der Waals surface area (Å²) < 4.78 is 16.0. The largest absolute Gasteiger partial charge is 0.497 e. The van der Waals surface area contributed by atoms with E-state index in [4.69, 9.17) is 13.9 Å². The fourth-order valence-electron chi connectivity index (χ4n) is 3.13. The number of nitrogens with zero attached hydrogens (tertiary/aromatic N) is 1. The summed E-state index contributed by atoms with van der Waals surface area (Å²) in [5, 5.41) is 4.37. The first-order valence-electron chi connectivity index (χ1n) is 9.03. The van der Waals surface area contributed by atoms with Crippen LogP contribution >= 0.6 is 11.3 Å². The van der Waals surface area contributed by atoms with Crippen LogP contribution in [0.25, 0.3) is 22.2 Å². The predicted octanol–water partition coefficient (Wildman–Crippen LogP) is 5.06. The molecule has 0 saturated carbocycles. The molecular formula is C22H20N2O4S. The molecule has 0 saturated heterocycles. The number of furan rings is 1. The van der Waals surface area contributed by atoms with Gasteiger partial charge in [-0.3, -0.25) is 4.79 Å². The Labute approximate surface area is 172 Å². The molecule has 0 fully saturated rings. The number of anilines is 1. The Hall–Kier alpha value is -3.32. The molecule has 29 heavy (non-hydrogen) atoms. The quantitative estimate of drug-likeness (QED) is 0.483. The molecule has 0 aliphatic carbocycles. The molecule has 0 atom stereocenters. The zero-order chi connectivity index (χ0) is 20.4. The van der Waals surface area contributed by atoms with Crippen LogP contribution in [0.3, 0.4) is 0 Å². The molecular weight excluding hydrogens is 388 g/mol. The Morgan fingerprint density at radius 2 is 1.83 bits per heavy atom.